The molecule has 36 heavy (non-hydrogen) atoms. The highest BCUT2D eigenvalue weighted by Gasteiger charge is 2.68. The molecular formula is C27H31ClO8. The van der Waals surface area contributed by atoms with E-state index in [0.717, 1.165) is 36.1 Å². The average molecular weight is 519 g/mol. The Balaban J connectivity index is 1.36. The number of hydrogen-bond donors (Lipinski definition) is 3. The van der Waals surface area contributed by atoms with Crippen molar-refractivity contribution in [2.75, 3.05) is 26.4 Å². The second-order valence-corrected chi connectivity index (χ2v) is 10.4. The van der Waals surface area contributed by atoms with Gasteiger partial charge in [0.15, 0.2) is 11.5 Å². The smallest absolute Gasteiger partial charge is 0.161 e. The van der Waals surface area contributed by atoms with Crippen molar-refractivity contribution in [2.24, 2.45) is 0 Å². The lowest BCUT2D eigenvalue weighted by atomic mass is 9.88. The van der Waals surface area contributed by atoms with E-state index < -0.39 is 30.0 Å². The van der Waals surface area contributed by atoms with Gasteiger partial charge < -0.3 is 39.0 Å². The molecule has 3 aliphatic heterocycles. The maximum Gasteiger partial charge on any atom is 0.161 e. The van der Waals surface area contributed by atoms with E-state index >= 15 is 0 Å². The average Bonchev–Trinajstić information content (AvgIpc) is 3.58. The van der Waals surface area contributed by atoms with E-state index in [4.69, 9.17) is 35.3 Å². The van der Waals surface area contributed by atoms with E-state index in [1.54, 1.807) is 6.07 Å². The van der Waals surface area contributed by atoms with Crippen LogP contribution in [-0.4, -0.2) is 71.8 Å². The van der Waals surface area contributed by atoms with E-state index in [1.165, 1.54) is 0 Å². The lowest BCUT2D eigenvalue weighted by molar-refractivity contribution is -0.246. The third kappa shape index (κ3) is 4.34. The third-order valence-corrected chi connectivity index (χ3v) is 7.92. The minimum Gasteiger partial charge on any atom is -0.493 e. The molecule has 4 aliphatic rings. The van der Waals surface area contributed by atoms with E-state index in [0.29, 0.717) is 61.4 Å². The van der Waals surface area contributed by atoms with Gasteiger partial charge >= 0.3 is 0 Å². The fraction of sp³-hybridized carbons (Fsp3) is 0.556. The van der Waals surface area contributed by atoms with Gasteiger partial charge in [0.25, 0.3) is 0 Å². The first-order valence-corrected chi connectivity index (χ1v) is 13.0. The number of fused-ring (bicyclic) bond motifs is 4. The molecule has 1 aliphatic carbocycles. The second kappa shape index (κ2) is 9.67. The van der Waals surface area contributed by atoms with Gasteiger partial charge in [0.2, 0.25) is 0 Å². The Bertz CT molecular complexity index is 1130. The van der Waals surface area contributed by atoms with E-state index in [9.17, 15) is 15.3 Å². The molecule has 0 radical (unpaired) electrons. The van der Waals surface area contributed by atoms with Gasteiger partial charge in [-0.1, -0.05) is 17.7 Å². The second-order valence-electron chi connectivity index (χ2n) is 10.0. The monoisotopic (exact) mass is 518 g/mol. The van der Waals surface area contributed by atoms with Crippen LogP contribution in [0.2, 0.25) is 5.02 Å². The normalized spacial score (nSPS) is 33.6. The molecule has 3 heterocycles. The minimum atomic E-state index is -1.38. The molecule has 6 rings (SSSR count). The summed E-state index contributed by atoms with van der Waals surface area (Å²) < 4.78 is 29.8. The van der Waals surface area contributed by atoms with Gasteiger partial charge in [-0.15, -0.1) is 0 Å². The number of benzene rings is 2. The molecule has 9 heteroatoms. The van der Waals surface area contributed by atoms with E-state index in [-0.39, 0.29) is 6.10 Å². The predicted octanol–water partition coefficient (Wildman–Crippen LogP) is 2.95. The molecule has 194 valence electrons. The van der Waals surface area contributed by atoms with Crippen LogP contribution < -0.4 is 14.2 Å². The summed E-state index contributed by atoms with van der Waals surface area (Å²) in [7, 11) is 0. The zero-order valence-corrected chi connectivity index (χ0v) is 20.7. The molecule has 8 nitrogen and oxygen atoms in total. The number of ether oxygens (including phenoxy) is 5. The summed E-state index contributed by atoms with van der Waals surface area (Å²) in [6.07, 6.45) is -1.60. The van der Waals surface area contributed by atoms with Gasteiger partial charge in [0.1, 0.15) is 49.0 Å². The van der Waals surface area contributed by atoms with Crippen LogP contribution >= 0.6 is 11.6 Å². The van der Waals surface area contributed by atoms with Crippen LogP contribution in [0.25, 0.3) is 0 Å². The van der Waals surface area contributed by atoms with Crippen molar-refractivity contribution in [3.8, 4) is 17.2 Å². The Morgan fingerprint density at radius 3 is 2.47 bits per heavy atom. The fourth-order valence-corrected chi connectivity index (χ4v) is 5.67. The lowest BCUT2D eigenvalue weighted by Gasteiger charge is -2.42. The number of hydrogen-bond acceptors (Lipinski definition) is 8. The highest BCUT2D eigenvalue weighted by Crippen LogP contribution is 2.54. The SMILES string of the molecule is O[C@@H]1[C@@H](O)[C@H](O)C23CC2OCCCCCOc2cc(Cl)c(Cc4ccc5c(c4)OCCO5)cc2[C@@H]1O3. The number of aliphatic hydroxyl groups is 3. The molecule has 1 saturated carbocycles. The van der Waals surface area contributed by atoms with Crippen LogP contribution in [0.4, 0.5) is 0 Å². The molecule has 2 aromatic rings. The van der Waals surface area contributed by atoms with Crippen molar-refractivity contribution in [1.29, 1.82) is 0 Å². The van der Waals surface area contributed by atoms with Gasteiger partial charge in [-0.3, -0.25) is 0 Å². The van der Waals surface area contributed by atoms with Crippen molar-refractivity contribution in [1.82, 2.24) is 0 Å². The summed E-state index contributed by atoms with van der Waals surface area (Å²) in [5, 5.41) is 33.1. The van der Waals surface area contributed by atoms with Gasteiger partial charge in [-0.05, 0) is 61.1 Å². The quantitative estimate of drug-likeness (QED) is 0.557. The van der Waals surface area contributed by atoms with Gasteiger partial charge in [0.05, 0.1) is 12.7 Å². The van der Waals surface area contributed by atoms with Crippen LogP contribution in [0.1, 0.15) is 48.5 Å². The number of halogens is 1. The first-order chi connectivity index (χ1) is 17.5. The maximum atomic E-state index is 11.0. The lowest BCUT2D eigenvalue weighted by Crippen LogP contribution is -2.57. The summed E-state index contributed by atoms with van der Waals surface area (Å²) in [6, 6.07) is 9.43. The largest absolute Gasteiger partial charge is 0.493 e. The molecule has 1 spiro atoms. The first-order valence-electron chi connectivity index (χ1n) is 12.6. The molecule has 2 fully saturated rings. The van der Waals surface area contributed by atoms with E-state index in [1.807, 2.05) is 24.3 Å². The summed E-state index contributed by atoms with van der Waals surface area (Å²) in [6.45, 7) is 2.06. The predicted molar refractivity (Wildman–Crippen MR) is 130 cm³/mol. The Morgan fingerprint density at radius 2 is 1.61 bits per heavy atom. The van der Waals surface area contributed by atoms with Gasteiger partial charge in [0, 0.05) is 23.6 Å². The van der Waals surface area contributed by atoms with Crippen LogP contribution in [0.3, 0.4) is 0 Å². The summed E-state index contributed by atoms with van der Waals surface area (Å²) >= 11 is 6.71. The van der Waals surface area contributed by atoms with Crippen molar-refractivity contribution < 1.29 is 39.0 Å². The Labute approximate surface area is 214 Å². The summed E-state index contributed by atoms with van der Waals surface area (Å²) in [5.41, 5.74) is 1.34. The first kappa shape index (κ1) is 24.3. The molecule has 6 atom stereocenters. The van der Waals surface area contributed by atoms with E-state index in [2.05, 4.69) is 0 Å². The molecular weight excluding hydrogens is 488 g/mol. The van der Waals surface area contributed by atoms with Crippen LogP contribution in [0.15, 0.2) is 30.3 Å². The fourth-order valence-electron chi connectivity index (χ4n) is 5.45. The molecule has 3 N–H and O–H groups in total. The molecule has 2 aromatic carbocycles. The Kier molecular flexibility index (Phi) is 6.52. The zero-order chi connectivity index (χ0) is 24.9. The van der Waals surface area contributed by atoms with Crippen molar-refractivity contribution in [3.63, 3.8) is 0 Å². The molecule has 0 amide bonds. The molecule has 1 saturated heterocycles. The van der Waals surface area contributed by atoms with Crippen molar-refractivity contribution in [2.45, 2.75) is 68.2 Å². The number of rotatable bonds is 2. The van der Waals surface area contributed by atoms with Gasteiger partial charge in [-0.25, -0.2) is 0 Å². The molecule has 2 unspecified atom stereocenters. The van der Waals surface area contributed by atoms with Crippen LogP contribution in [0, 0.1) is 0 Å². The molecule has 2 bridgehead atoms. The zero-order valence-electron chi connectivity index (χ0n) is 19.9. The Hall–Kier alpha value is -2.07. The highest BCUT2D eigenvalue weighted by atomic mass is 35.5. The highest BCUT2D eigenvalue weighted by molar-refractivity contribution is 6.31. The maximum absolute atomic E-state index is 11.0. The van der Waals surface area contributed by atoms with Gasteiger partial charge in [-0.2, -0.15) is 0 Å². The molecule has 0 aromatic heterocycles. The number of aliphatic hydroxyl groups excluding tert-OH is 3. The standard InChI is InChI=1S/C27H31ClO8/c28-18-13-20-17(12-16(18)10-15-4-5-19-21(11-15)34-9-8-33-19)25-23(29)24(30)26(31)27(36-25)14-22(27)35-7-3-1-2-6-32-20/h4-5,11-13,22-26,29-31H,1-3,6-10,14H2/t22?,23-,24-,25+,26+,27?/m1/s1. The third-order valence-electron chi connectivity index (χ3n) is 7.57. The van der Waals surface area contributed by atoms with Crippen LogP contribution in [0.5, 0.6) is 17.2 Å². The van der Waals surface area contributed by atoms with Crippen LogP contribution in [-0.2, 0) is 15.9 Å². The topological polar surface area (TPSA) is 107 Å². The summed E-state index contributed by atoms with van der Waals surface area (Å²) in [4.78, 5) is 0. The minimum absolute atomic E-state index is 0.327. The van der Waals surface area contributed by atoms with Crippen molar-refractivity contribution >= 4 is 11.6 Å². The van der Waals surface area contributed by atoms with Crippen molar-refractivity contribution in [3.05, 3.63) is 52.0 Å². The summed E-state index contributed by atoms with van der Waals surface area (Å²) in [5.74, 6) is 1.92. The Morgan fingerprint density at radius 1 is 0.833 bits per heavy atom.